The van der Waals surface area contributed by atoms with E-state index in [1.807, 2.05) is 42.5 Å². The summed E-state index contributed by atoms with van der Waals surface area (Å²) in [6, 6.07) is 15.6. The average molecular weight is 198 g/mol. The smallest absolute Gasteiger partial charge is 0.0952 e. The third kappa shape index (κ3) is 1.83. The van der Waals surface area contributed by atoms with Crippen molar-refractivity contribution in [1.82, 2.24) is 0 Å². The third-order valence-corrected chi connectivity index (χ3v) is 2.39. The van der Waals surface area contributed by atoms with E-state index in [0.717, 1.165) is 11.1 Å². The molecule has 2 radical (unpaired) electrons. The highest BCUT2D eigenvalue weighted by atomic mass is 35.5. The molecule has 2 aromatic carbocycles. The summed E-state index contributed by atoms with van der Waals surface area (Å²) < 4.78 is 0. The number of hydrogen-bond acceptors (Lipinski definition) is 0. The summed E-state index contributed by atoms with van der Waals surface area (Å²) in [5, 5.41) is 0.691. The zero-order valence-corrected chi connectivity index (χ0v) is 8.33. The van der Waals surface area contributed by atoms with Crippen LogP contribution < -0.4 is 5.46 Å². The van der Waals surface area contributed by atoms with Crippen LogP contribution in [0.15, 0.2) is 48.5 Å². The van der Waals surface area contributed by atoms with Gasteiger partial charge < -0.3 is 0 Å². The first-order valence-electron chi connectivity index (χ1n) is 4.38. The van der Waals surface area contributed by atoms with Crippen LogP contribution in [0.5, 0.6) is 0 Å². The van der Waals surface area contributed by atoms with Crippen LogP contribution in [-0.4, -0.2) is 7.85 Å². The van der Waals surface area contributed by atoms with Crippen molar-refractivity contribution in [3.63, 3.8) is 0 Å². The highest BCUT2D eigenvalue weighted by Crippen LogP contribution is 2.26. The van der Waals surface area contributed by atoms with Gasteiger partial charge in [-0.25, -0.2) is 0 Å². The van der Waals surface area contributed by atoms with Crippen molar-refractivity contribution in [2.75, 3.05) is 0 Å². The normalized spacial score (nSPS) is 10.1. The van der Waals surface area contributed by atoms with Crippen LogP contribution in [0.4, 0.5) is 0 Å². The fraction of sp³-hybridized carbons (Fsp3) is 0. The second-order valence-corrected chi connectivity index (χ2v) is 3.51. The molecule has 0 aliphatic rings. The number of hydrogen-bond donors (Lipinski definition) is 0. The lowest BCUT2D eigenvalue weighted by Crippen LogP contribution is -2.00. The van der Waals surface area contributed by atoms with Crippen LogP contribution >= 0.6 is 11.6 Å². The third-order valence-electron chi connectivity index (χ3n) is 2.08. The lowest BCUT2D eigenvalue weighted by atomic mass is 9.93. The summed E-state index contributed by atoms with van der Waals surface area (Å²) in [5.74, 6) is 0. The largest absolute Gasteiger partial charge is 0.113 e. The standard InChI is InChI=1S/C12H8BCl/c13-10-6-7-11(12(14)8-10)9-4-2-1-3-5-9/h1-8H. The second-order valence-electron chi connectivity index (χ2n) is 3.11. The summed E-state index contributed by atoms with van der Waals surface area (Å²) in [6.07, 6.45) is 0. The fourth-order valence-corrected chi connectivity index (χ4v) is 1.68. The van der Waals surface area contributed by atoms with E-state index >= 15 is 0 Å². The van der Waals surface area contributed by atoms with Crippen molar-refractivity contribution in [3.05, 3.63) is 53.6 Å². The van der Waals surface area contributed by atoms with Crippen LogP contribution in [0.3, 0.4) is 0 Å². The molecule has 0 aliphatic carbocycles. The maximum Gasteiger partial charge on any atom is 0.113 e. The van der Waals surface area contributed by atoms with Crippen molar-refractivity contribution in [2.45, 2.75) is 0 Å². The van der Waals surface area contributed by atoms with Crippen molar-refractivity contribution in [3.8, 4) is 11.1 Å². The molecule has 14 heavy (non-hydrogen) atoms. The molecule has 0 saturated heterocycles. The SMILES string of the molecule is [B]c1ccc(-c2ccccc2)c(Cl)c1. The van der Waals surface area contributed by atoms with E-state index in [4.69, 9.17) is 19.4 Å². The molecule has 0 saturated carbocycles. The van der Waals surface area contributed by atoms with E-state index in [9.17, 15) is 0 Å². The summed E-state index contributed by atoms with van der Waals surface area (Å²) >= 11 is 6.08. The Balaban J connectivity index is 2.53. The van der Waals surface area contributed by atoms with Gasteiger partial charge in [-0.1, -0.05) is 59.5 Å². The molecule has 0 unspecified atom stereocenters. The van der Waals surface area contributed by atoms with Gasteiger partial charge in [0.1, 0.15) is 7.85 Å². The minimum absolute atomic E-state index is 0.690. The van der Waals surface area contributed by atoms with Crippen LogP contribution in [0.2, 0.25) is 5.02 Å². The van der Waals surface area contributed by atoms with Gasteiger partial charge in [0.2, 0.25) is 0 Å². The zero-order valence-electron chi connectivity index (χ0n) is 7.57. The van der Waals surface area contributed by atoms with Gasteiger partial charge in [0.15, 0.2) is 0 Å². The Morgan fingerprint density at radius 3 is 2.29 bits per heavy atom. The molecule has 0 N–H and O–H groups in total. The highest BCUT2D eigenvalue weighted by Gasteiger charge is 2.01. The van der Waals surface area contributed by atoms with Gasteiger partial charge in [0.05, 0.1) is 0 Å². The van der Waals surface area contributed by atoms with Gasteiger partial charge in [-0.2, -0.15) is 0 Å². The van der Waals surface area contributed by atoms with Gasteiger partial charge in [0.25, 0.3) is 0 Å². The molecule has 0 aliphatic heterocycles. The van der Waals surface area contributed by atoms with Gasteiger partial charge in [-0.05, 0) is 11.6 Å². The lowest BCUT2D eigenvalue weighted by molar-refractivity contribution is 1.63. The molecule has 2 aromatic rings. The van der Waals surface area contributed by atoms with E-state index in [1.54, 1.807) is 6.07 Å². The summed E-state index contributed by atoms with van der Waals surface area (Å²) in [7, 11) is 5.62. The first-order valence-corrected chi connectivity index (χ1v) is 4.75. The molecule has 0 heterocycles. The molecular weight excluding hydrogens is 190 g/mol. The molecule has 0 atom stereocenters. The Bertz CT molecular complexity index is 437. The van der Waals surface area contributed by atoms with E-state index in [0.29, 0.717) is 10.5 Å². The first-order chi connectivity index (χ1) is 6.77. The van der Waals surface area contributed by atoms with E-state index in [-0.39, 0.29) is 0 Å². The van der Waals surface area contributed by atoms with E-state index in [2.05, 4.69) is 0 Å². The second kappa shape index (κ2) is 3.89. The van der Waals surface area contributed by atoms with Gasteiger partial charge >= 0.3 is 0 Å². The minimum atomic E-state index is 0.690. The van der Waals surface area contributed by atoms with Gasteiger partial charge in [0, 0.05) is 10.6 Å². The molecule has 0 bridgehead atoms. The van der Waals surface area contributed by atoms with Crippen molar-refractivity contribution >= 4 is 24.9 Å². The Morgan fingerprint density at radius 2 is 1.64 bits per heavy atom. The Morgan fingerprint density at radius 1 is 0.929 bits per heavy atom. The van der Waals surface area contributed by atoms with Crippen molar-refractivity contribution in [1.29, 1.82) is 0 Å². The number of rotatable bonds is 1. The van der Waals surface area contributed by atoms with Gasteiger partial charge in [-0.15, -0.1) is 0 Å². The highest BCUT2D eigenvalue weighted by molar-refractivity contribution is 6.37. The summed E-state index contributed by atoms with van der Waals surface area (Å²) in [5.41, 5.74) is 2.81. The molecule has 2 heteroatoms. The predicted molar refractivity (Wildman–Crippen MR) is 62.3 cm³/mol. The lowest BCUT2D eigenvalue weighted by Gasteiger charge is -2.04. The molecular formula is C12H8BCl. The Kier molecular flexibility index (Phi) is 2.60. The molecule has 0 aromatic heterocycles. The van der Waals surface area contributed by atoms with Crippen LogP contribution in [0, 0.1) is 0 Å². The summed E-state index contributed by atoms with van der Waals surface area (Å²) in [6.45, 7) is 0. The minimum Gasteiger partial charge on any atom is -0.0952 e. The molecule has 0 fully saturated rings. The zero-order chi connectivity index (χ0) is 9.97. The monoisotopic (exact) mass is 198 g/mol. The molecule has 66 valence electrons. The first kappa shape index (κ1) is 9.35. The molecule has 0 nitrogen and oxygen atoms in total. The Hall–Kier alpha value is -1.21. The number of halogens is 1. The fourth-order valence-electron chi connectivity index (χ4n) is 1.38. The average Bonchev–Trinajstić information content (AvgIpc) is 2.19. The predicted octanol–water partition coefficient (Wildman–Crippen LogP) is 2.80. The quantitative estimate of drug-likeness (QED) is 0.618. The van der Waals surface area contributed by atoms with E-state index < -0.39 is 0 Å². The number of benzene rings is 2. The maximum absolute atomic E-state index is 6.08. The van der Waals surface area contributed by atoms with Crippen molar-refractivity contribution < 1.29 is 0 Å². The maximum atomic E-state index is 6.08. The van der Waals surface area contributed by atoms with Crippen LogP contribution in [-0.2, 0) is 0 Å². The van der Waals surface area contributed by atoms with Crippen LogP contribution in [0.1, 0.15) is 0 Å². The summed E-state index contributed by atoms with van der Waals surface area (Å²) in [4.78, 5) is 0. The topological polar surface area (TPSA) is 0 Å². The molecule has 0 amide bonds. The molecule has 0 spiro atoms. The van der Waals surface area contributed by atoms with Crippen molar-refractivity contribution in [2.24, 2.45) is 0 Å². The molecule has 2 rings (SSSR count). The van der Waals surface area contributed by atoms with Gasteiger partial charge in [-0.3, -0.25) is 0 Å². The Labute approximate surface area is 89.9 Å². The van der Waals surface area contributed by atoms with E-state index in [1.165, 1.54) is 0 Å². The van der Waals surface area contributed by atoms with Crippen LogP contribution in [0.25, 0.3) is 11.1 Å².